The highest BCUT2D eigenvalue weighted by molar-refractivity contribution is 9.10. The molecule has 1 aromatic heterocycles. The Bertz CT molecular complexity index is 671. The van der Waals surface area contributed by atoms with E-state index in [4.69, 9.17) is 4.52 Å². The maximum atomic E-state index is 12.8. The van der Waals surface area contributed by atoms with E-state index >= 15 is 0 Å². The van der Waals surface area contributed by atoms with Crippen LogP contribution in [-0.2, 0) is 4.79 Å². The number of unbranched alkanes of at least 4 members (excludes halogenated alkanes) is 3. The molecule has 0 bridgehead atoms. The second kappa shape index (κ2) is 9.98. The van der Waals surface area contributed by atoms with Crippen molar-refractivity contribution in [2.24, 2.45) is 0 Å². The van der Waals surface area contributed by atoms with Crippen LogP contribution in [-0.4, -0.2) is 35.0 Å². The third-order valence-electron chi connectivity index (χ3n) is 3.70. The number of rotatable bonds is 9. The van der Waals surface area contributed by atoms with Crippen LogP contribution in [0, 0.1) is 0 Å². The van der Waals surface area contributed by atoms with Crippen LogP contribution in [0.4, 0.5) is 5.82 Å². The van der Waals surface area contributed by atoms with Crippen molar-refractivity contribution >= 4 is 33.6 Å². The van der Waals surface area contributed by atoms with Gasteiger partial charge in [-0.3, -0.25) is 9.59 Å². The zero-order chi connectivity index (χ0) is 18.1. The average Bonchev–Trinajstić information content (AvgIpc) is 3.10. The van der Waals surface area contributed by atoms with E-state index < -0.39 is 0 Å². The minimum absolute atomic E-state index is 0.0200. The van der Waals surface area contributed by atoms with E-state index in [1.807, 2.05) is 12.1 Å². The standard InChI is InChI=1S/C18H22BrN3O3/c1-2-3-4-5-11-22(13-17(23)20-16-10-12-25-21-16)18(24)14-6-8-15(19)9-7-14/h6-10,12H,2-5,11,13H2,1H3,(H,20,21,23). The third kappa shape index (κ3) is 6.34. The maximum Gasteiger partial charge on any atom is 0.254 e. The Kier molecular flexibility index (Phi) is 7.66. The highest BCUT2D eigenvalue weighted by Gasteiger charge is 2.19. The molecule has 1 N–H and O–H groups in total. The molecular formula is C18H22BrN3O3. The Labute approximate surface area is 155 Å². The number of aromatic nitrogens is 1. The summed E-state index contributed by atoms with van der Waals surface area (Å²) < 4.78 is 5.60. The lowest BCUT2D eigenvalue weighted by Gasteiger charge is -2.22. The molecule has 2 aromatic rings. The smallest absolute Gasteiger partial charge is 0.254 e. The summed E-state index contributed by atoms with van der Waals surface area (Å²) in [7, 11) is 0. The molecule has 7 heteroatoms. The summed E-state index contributed by atoms with van der Waals surface area (Å²) in [5.41, 5.74) is 0.563. The number of carbonyl (C=O) groups is 2. The molecule has 6 nitrogen and oxygen atoms in total. The maximum absolute atomic E-state index is 12.8. The zero-order valence-corrected chi connectivity index (χ0v) is 15.8. The van der Waals surface area contributed by atoms with Gasteiger partial charge >= 0.3 is 0 Å². The Hall–Kier alpha value is -2.15. The average molecular weight is 408 g/mol. The van der Waals surface area contributed by atoms with E-state index in [0.717, 1.165) is 30.2 Å². The van der Waals surface area contributed by atoms with Gasteiger partial charge in [0.05, 0.1) is 0 Å². The van der Waals surface area contributed by atoms with Gasteiger partial charge < -0.3 is 14.7 Å². The second-order valence-corrected chi connectivity index (χ2v) is 6.64. The number of benzene rings is 1. The molecule has 0 unspecified atom stereocenters. The van der Waals surface area contributed by atoms with Crippen LogP contribution in [0.2, 0.25) is 0 Å². The van der Waals surface area contributed by atoms with Crippen molar-refractivity contribution in [2.45, 2.75) is 32.6 Å². The molecular weight excluding hydrogens is 386 g/mol. The van der Waals surface area contributed by atoms with Gasteiger partial charge in [0.15, 0.2) is 5.82 Å². The van der Waals surface area contributed by atoms with E-state index in [1.54, 1.807) is 23.1 Å². The first-order chi connectivity index (χ1) is 12.1. The molecule has 2 amide bonds. The molecule has 1 aromatic carbocycles. The van der Waals surface area contributed by atoms with Gasteiger partial charge in [0, 0.05) is 22.6 Å². The summed E-state index contributed by atoms with van der Waals surface area (Å²) >= 11 is 3.36. The van der Waals surface area contributed by atoms with Crippen molar-refractivity contribution < 1.29 is 14.1 Å². The van der Waals surface area contributed by atoms with Crippen molar-refractivity contribution in [1.29, 1.82) is 0 Å². The zero-order valence-electron chi connectivity index (χ0n) is 14.2. The molecule has 2 rings (SSSR count). The monoisotopic (exact) mass is 407 g/mol. The van der Waals surface area contributed by atoms with Crippen molar-refractivity contribution in [1.82, 2.24) is 10.1 Å². The van der Waals surface area contributed by atoms with Gasteiger partial charge in [0.25, 0.3) is 5.91 Å². The fourth-order valence-electron chi connectivity index (χ4n) is 2.39. The number of hydrogen-bond donors (Lipinski definition) is 1. The Balaban J connectivity index is 2.01. The minimum Gasteiger partial charge on any atom is -0.363 e. The highest BCUT2D eigenvalue weighted by atomic mass is 79.9. The number of carbonyl (C=O) groups excluding carboxylic acids is 2. The van der Waals surface area contributed by atoms with Gasteiger partial charge in [-0.1, -0.05) is 47.3 Å². The van der Waals surface area contributed by atoms with Crippen molar-refractivity contribution in [3.8, 4) is 0 Å². The van der Waals surface area contributed by atoms with Gasteiger partial charge in [0.2, 0.25) is 5.91 Å². The quantitative estimate of drug-likeness (QED) is 0.634. The predicted molar refractivity (Wildman–Crippen MR) is 99.3 cm³/mol. The molecule has 0 atom stereocenters. The number of anilines is 1. The van der Waals surface area contributed by atoms with Crippen LogP contribution in [0.1, 0.15) is 43.0 Å². The molecule has 1 heterocycles. The van der Waals surface area contributed by atoms with Gasteiger partial charge in [-0.05, 0) is 30.7 Å². The van der Waals surface area contributed by atoms with Crippen LogP contribution < -0.4 is 5.32 Å². The first kappa shape index (κ1) is 19.2. The summed E-state index contributed by atoms with van der Waals surface area (Å²) in [6.07, 6.45) is 5.52. The molecule has 25 heavy (non-hydrogen) atoms. The lowest BCUT2D eigenvalue weighted by atomic mass is 10.1. The van der Waals surface area contributed by atoms with Gasteiger partial charge in [-0.2, -0.15) is 0 Å². The van der Waals surface area contributed by atoms with Gasteiger partial charge in [-0.25, -0.2) is 0 Å². The molecule has 0 aliphatic carbocycles. The first-order valence-electron chi connectivity index (χ1n) is 8.35. The second-order valence-electron chi connectivity index (χ2n) is 5.73. The predicted octanol–water partition coefficient (Wildman–Crippen LogP) is 4.10. The largest absolute Gasteiger partial charge is 0.363 e. The van der Waals surface area contributed by atoms with Crippen LogP contribution >= 0.6 is 15.9 Å². The third-order valence-corrected chi connectivity index (χ3v) is 4.23. The number of nitrogens with zero attached hydrogens (tertiary/aromatic N) is 2. The lowest BCUT2D eigenvalue weighted by molar-refractivity contribution is -0.117. The first-order valence-corrected chi connectivity index (χ1v) is 9.14. The Morgan fingerprint density at radius 1 is 1.16 bits per heavy atom. The van der Waals surface area contributed by atoms with Crippen molar-refractivity contribution in [3.05, 3.63) is 46.6 Å². The summed E-state index contributed by atoms with van der Waals surface area (Å²) in [6.45, 7) is 2.66. The van der Waals surface area contributed by atoms with E-state index in [1.165, 1.54) is 6.26 Å². The Morgan fingerprint density at radius 2 is 1.92 bits per heavy atom. The lowest BCUT2D eigenvalue weighted by Crippen LogP contribution is -2.38. The van der Waals surface area contributed by atoms with Gasteiger partial charge in [-0.15, -0.1) is 0 Å². The molecule has 0 aliphatic rings. The number of hydrogen-bond acceptors (Lipinski definition) is 4. The summed E-state index contributed by atoms with van der Waals surface area (Å²) in [4.78, 5) is 26.5. The normalized spacial score (nSPS) is 10.5. The molecule has 134 valence electrons. The fraction of sp³-hybridized carbons (Fsp3) is 0.389. The summed E-state index contributed by atoms with van der Waals surface area (Å²) in [5, 5.41) is 6.27. The summed E-state index contributed by atoms with van der Waals surface area (Å²) in [5.74, 6) is -0.110. The molecule has 0 fully saturated rings. The SMILES string of the molecule is CCCCCCN(CC(=O)Nc1ccon1)C(=O)c1ccc(Br)cc1. The molecule has 0 saturated heterocycles. The van der Waals surface area contributed by atoms with Crippen LogP contribution in [0.15, 0.2) is 45.6 Å². The topological polar surface area (TPSA) is 75.4 Å². The molecule has 0 spiro atoms. The van der Waals surface area contributed by atoms with E-state index in [0.29, 0.717) is 17.9 Å². The van der Waals surface area contributed by atoms with Crippen LogP contribution in [0.3, 0.4) is 0 Å². The molecule has 0 radical (unpaired) electrons. The van der Waals surface area contributed by atoms with E-state index in [9.17, 15) is 9.59 Å². The van der Waals surface area contributed by atoms with E-state index in [2.05, 4.69) is 33.3 Å². The van der Waals surface area contributed by atoms with Crippen molar-refractivity contribution in [3.63, 3.8) is 0 Å². The fourth-order valence-corrected chi connectivity index (χ4v) is 2.65. The van der Waals surface area contributed by atoms with Crippen LogP contribution in [0.5, 0.6) is 0 Å². The Morgan fingerprint density at radius 3 is 2.56 bits per heavy atom. The highest BCUT2D eigenvalue weighted by Crippen LogP contribution is 2.13. The van der Waals surface area contributed by atoms with E-state index in [-0.39, 0.29) is 18.4 Å². The van der Waals surface area contributed by atoms with Crippen molar-refractivity contribution in [2.75, 3.05) is 18.4 Å². The number of amides is 2. The number of nitrogens with one attached hydrogen (secondary N) is 1. The minimum atomic E-state index is -0.296. The molecule has 0 aliphatic heterocycles. The molecule has 0 saturated carbocycles. The van der Waals surface area contributed by atoms with Gasteiger partial charge in [0.1, 0.15) is 12.8 Å². The summed E-state index contributed by atoms with van der Waals surface area (Å²) in [6, 6.07) is 8.69. The number of halogens is 1. The van der Waals surface area contributed by atoms with Crippen LogP contribution in [0.25, 0.3) is 0 Å².